The van der Waals surface area contributed by atoms with Crippen LogP contribution >= 0.6 is 0 Å². The summed E-state index contributed by atoms with van der Waals surface area (Å²) >= 11 is 0. The van der Waals surface area contributed by atoms with E-state index in [4.69, 9.17) is 4.74 Å². The molecule has 1 heterocycles. The van der Waals surface area contributed by atoms with E-state index < -0.39 is 5.97 Å². The van der Waals surface area contributed by atoms with Gasteiger partial charge in [-0.05, 0) is 36.1 Å². The summed E-state index contributed by atoms with van der Waals surface area (Å²) in [5, 5.41) is 12.7. The van der Waals surface area contributed by atoms with Gasteiger partial charge in [0, 0.05) is 32.7 Å². The maximum absolute atomic E-state index is 11.4. The summed E-state index contributed by atoms with van der Waals surface area (Å²) in [6.45, 7) is 5.33. The quantitative estimate of drug-likeness (QED) is 0.840. The highest BCUT2D eigenvalue weighted by molar-refractivity contribution is 5.91. The van der Waals surface area contributed by atoms with E-state index in [2.05, 4.69) is 28.4 Å². The van der Waals surface area contributed by atoms with Crippen LogP contribution in [0.5, 0.6) is 5.75 Å². The van der Waals surface area contributed by atoms with Crippen LogP contribution in [0.2, 0.25) is 0 Å². The second kappa shape index (κ2) is 8.13. The molecular weight excluding hydrogens is 304 g/mol. The molecule has 1 saturated heterocycles. The van der Waals surface area contributed by atoms with Gasteiger partial charge in [0.2, 0.25) is 0 Å². The van der Waals surface area contributed by atoms with E-state index in [-0.39, 0.29) is 5.56 Å². The van der Waals surface area contributed by atoms with Crippen molar-refractivity contribution in [3.05, 3.63) is 47.6 Å². The van der Waals surface area contributed by atoms with Crippen LogP contribution in [0, 0.1) is 0 Å². The van der Waals surface area contributed by atoms with Crippen molar-refractivity contribution in [1.82, 2.24) is 10.2 Å². The molecule has 0 atom stereocenters. The zero-order valence-corrected chi connectivity index (χ0v) is 13.8. The molecular formula is C19H24N2O3. The Kier molecular flexibility index (Phi) is 5.67. The number of ether oxygens (including phenoxy) is 1. The zero-order valence-electron chi connectivity index (χ0n) is 13.8. The molecule has 1 fully saturated rings. The first-order chi connectivity index (χ1) is 11.7. The van der Waals surface area contributed by atoms with E-state index in [9.17, 15) is 9.90 Å². The Balaban J connectivity index is 1.70. The molecule has 128 valence electrons. The van der Waals surface area contributed by atoms with Gasteiger partial charge in [-0.1, -0.05) is 24.3 Å². The maximum Gasteiger partial charge on any atom is 0.339 e. The standard InChI is InChI=1S/C19H24N2O3/c22-19(23)17-7-6-16(15-4-2-1-3-5-15)14-18(17)24-13-12-21-10-8-20-9-11-21/h1-2,4,6-7,14,20H,3,5,8-13H2,(H,22,23). The number of nitrogens with zero attached hydrogens (tertiary/aromatic N) is 1. The van der Waals surface area contributed by atoms with Crippen LogP contribution in [0.25, 0.3) is 5.57 Å². The van der Waals surface area contributed by atoms with Crippen LogP contribution in [0.15, 0.2) is 36.4 Å². The van der Waals surface area contributed by atoms with Crippen LogP contribution < -0.4 is 10.1 Å². The van der Waals surface area contributed by atoms with Crippen molar-refractivity contribution in [1.29, 1.82) is 0 Å². The van der Waals surface area contributed by atoms with Gasteiger partial charge in [-0.2, -0.15) is 0 Å². The molecule has 2 aliphatic rings. The molecule has 0 saturated carbocycles. The lowest BCUT2D eigenvalue weighted by molar-refractivity contribution is 0.0691. The van der Waals surface area contributed by atoms with E-state index >= 15 is 0 Å². The number of rotatable bonds is 6. The molecule has 3 rings (SSSR count). The summed E-state index contributed by atoms with van der Waals surface area (Å²) in [6.07, 6.45) is 8.27. The fourth-order valence-electron chi connectivity index (χ4n) is 3.08. The zero-order chi connectivity index (χ0) is 16.8. The van der Waals surface area contributed by atoms with Crippen LogP contribution in [-0.4, -0.2) is 55.3 Å². The maximum atomic E-state index is 11.4. The van der Waals surface area contributed by atoms with Crippen LogP contribution in [0.1, 0.15) is 28.8 Å². The highest BCUT2D eigenvalue weighted by atomic mass is 16.5. The SMILES string of the molecule is O=C(O)c1ccc(C2=CC=CCC2)cc1OCCN1CCNCC1. The van der Waals surface area contributed by atoms with Crippen molar-refractivity contribution in [2.75, 3.05) is 39.3 Å². The molecule has 2 N–H and O–H groups in total. The third kappa shape index (κ3) is 4.24. The minimum Gasteiger partial charge on any atom is -0.491 e. The Labute approximate surface area is 142 Å². The topological polar surface area (TPSA) is 61.8 Å². The van der Waals surface area contributed by atoms with Crippen LogP contribution in [-0.2, 0) is 0 Å². The molecule has 0 unspecified atom stereocenters. The van der Waals surface area contributed by atoms with Gasteiger partial charge in [0.1, 0.15) is 17.9 Å². The monoisotopic (exact) mass is 328 g/mol. The summed E-state index contributed by atoms with van der Waals surface area (Å²) in [7, 11) is 0. The van der Waals surface area contributed by atoms with Gasteiger partial charge in [-0.3, -0.25) is 4.90 Å². The first kappa shape index (κ1) is 16.7. The van der Waals surface area contributed by atoms with Crippen molar-refractivity contribution in [3.63, 3.8) is 0 Å². The molecule has 1 aromatic rings. The van der Waals surface area contributed by atoms with Crippen molar-refractivity contribution in [2.24, 2.45) is 0 Å². The summed E-state index contributed by atoms with van der Waals surface area (Å²) in [5.41, 5.74) is 2.49. The summed E-state index contributed by atoms with van der Waals surface area (Å²) in [6, 6.07) is 5.39. The minimum atomic E-state index is -0.948. The minimum absolute atomic E-state index is 0.228. The molecule has 0 bridgehead atoms. The Morgan fingerprint density at radius 2 is 2.12 bits per heavy atom. The molecule has 1 aliphatic heterocycles. The molecule has 5 heteroatoms. The lowest BCUT2D eigenvalue weighted by Crippen LogP contribution is -2.44. The highest BCUT2D eigenvalue weighted by Crippen LogP contribution is 2.29. The lowest BCUT2D eigenvalue weighted by atomic mass is 9.96. The molecule has 24 heavy (non-hydrogen) atoms. The molecule has 0 radical (unpaired) electrons. The molecule has 0 aromatic heterocycles. The third-order valence-electron chi connectivity index (χ3n) is 4.47. The fourth-order valence-corrected chi connectivity index (χ4v) is 3.08. The fraction of sp³-hybridized carbons (Fsp3) is 0.421. The van der Waals surface area contributed by atoms with Gasteiger partial charge in [-0.15, -0.1) is 0 Å². The highest BCUT2D eigenvalue weighted by Gasteiger charge is 2.15. The Bertz CT molecular complexity index is 646. The summed E-state index contributed by atoms with van der Waals surface area (Å²) in [5.74, 6) is -0.484. The normalized spacial score (nSPS) is 18.2. The van der Waals surface area contributed by atoms with Crippen LogP contribution in [0.3, 0.4) is 0 Å². The number of allylic oxidation sites excluding steroid dienone is 4. The van der Waals surface area contributed by atoms with E-state index in [0.717, 1.165) is 51.1 Å². The lowest BCUT2D eigenvalue weighted by Gasteiger charge is -2.27. The first-order valence-corrected chi connectivity index (χ1v) is 8.53. The van der Waals surface area contributed by atoms with Gasteiger partial charge in [0.25, 0.3) is 0 Å². The number of nitrogens with one attached hydrogen (secondary N) is 1. The van der Waals surface area contributed by atoms with E-state index in [0.29, 0.717) is 12.4 Å². The number of benzene rings is 1. The van der Waals surface area contributed by atoms with Crippen molar-refractivity contribution >= 4 is 11.5 Å². The van der Waals surface area contributed by atoms with E-state index in [1.54, 1.807) is 6.07 Å². The van der Waals surface area contributed by atoms with Crippen LogP contribution in [0.4, 0.5) is 0 Å². The second-order valence-corrected chi connectivity index (χ2v) is 6.11. The molecule has 1 aromatic carbocycles. The molecule has 1 aliphatic carbocycles. The van der Waals surface area contributed by atoms with Gasteiger partial charge in [0.15, 0.2) is 0 Å². The van der Waals surface area contributed by atoms with Gasteiger partial charge in [0.05, 0.1) is 0 Å². The van der Waals surface area contributed by atoms with E-state index in [1.165, 1.54) is 5.57 Å². The van der Waals surface area contributed by atoms with Crippen molar-refractivity contribution in [3.8, 4) is 5.75 Å². The third-order valence-corrected chi connectivity index (χ3v) is 4.47. The Morgan fingerprint density at radius 1 is 1.29 bits per heavy atom. The summed E-state index contributed by atoms with van der Waals surface area (Å²) in [4.78, 5) is 13.8. The number of carbonyl (C=O) groups is 1. The van der Waals surface area contributed by atoms with Gasteiger partial charge >= 0.3 is 5.97 Å². The number of hydrogen-bond donors (Lipinski definition) is 2. The second-order valence-electron chi connectivity index (χ2n) is 6.11. The number of hydrogen-bond acceptors (Lipinski definition) is 4. The number of carboxylic acid groups (broad SMARTS) is 1. The Hall–Kier alpha value is -2.11. The predicted octanol–water partition coefficient (Wildman–Crippen LogP) is 2.40. The molecule has 0 spiro atoms. The van der Waals surface area contributed by atoms with Gasteiger partial charge in [-0.25, -0.2) is 4.79 Å². The van der Waals surface area contributed by atoms with Gasteiger partial charge < -0.3 is 15.2 Å². The average Bonchev–Trinajstić information content (AvgIpc) is 2.63. The van der Waals surface area contributed by atoms with Crippen molar-refractivity contribution < 1.29 is 14.6 Å². The number of carboxylic acids is 1. The Morgan fingerprint density at radius 3 is 2.83 bits per heavy atom. The van der Waals surface area contributed by atoms with E-state index in [1.807, 2.05) is 12.1 Å². The smallest absolute Gasteiger partial charge is 0.339 e. The molecule has 0 amide bonds. The largest absolute Gasteiger partial charge is 0.491 e. The van der Waals surface area contributed by atoms with Crippen molar-refractivity contribution in [2.45, 2.75) is 12.8 Å². The first-order valence-electron chi connectivity index (χ1n) is 8.53. The average molecular weight is 328 g/mol. The summed E-state index contributed by atoms with van der Waals surface area (Å²) < 4.78 is 5.84. The number of aromatic carboxylic acids is 1. The number of piperazine rings is 1. The predicted molar refractivity (Wildman–Crippen MR) is 94.6 cm³/mol. The molecule has 5 nitrogen and oxygen atoms in total.